The van der Waals surface area contributed by atoms with Crippen LogP contribution in [-0.2, 0) is 4.74 Å². The molecule has 2 unspecified atom stereocenters. The average Bonchev–Trinajstić information content (AvgIpc) is 2.27. The number of rotatable bonds is 0. The van der Waals surface area contributed by atoms with Crippen molar-refractivity contribution in [3.63, 3.8) is 0 Å². The van der Waals surface area contributed by atoms with Crippen LogP contribution in [0, 0.1) is 0 Å². The average molecular weight is 191 g/mol. The number of hydrogen-bond donors (Lipinski definition) is 1. The summed E-state index contributed by atoms with van der Waals surface area (Å²) in [5, 5.41) is 0. The van der Waals surface area contributed by atoms with Gasteiger partial charge in [-0.1, -0.05) is 0 Å². The van der Waals surface area contributed by atoms with E-state index in [0.717, 1.165) is 0 Å². The van der Waals surface area contributed by atoms with Crippen molar-refractivity contribution in [2.24, 2.45) is 5.73 Å². The van der Waals surface area contributed by atoms with Crippen molar-refractivity contribution < 1.29 is 13.5 Å². The van der Waals surface area contributed by atoms with E-state index in [0.29, 0.717) is 32.3 Å². The second-order valence-corrected chi connectivity index (χ2v) is 4.15. The van der Waals surface area contributed by atoms with Crippen molar-refractivity contribution in [2.45, 2.75) is 49.7 Å². The Labute approximate surface area is 76.4 Å². The van der Waals surface area contributed by atoms with Crippen molar-refractivity contribution in [1.82, 2.24) is 0 Å². The molecule has 2 atom stereocenters. The van der Waals surface area contributed by atoms with E-state index in [1.165, 1.54) is 0 Å². The molecule has 0 radical (unpaired) electrons. The van der Waals surface area contributed by atoms with Gasteiger partial charge < -0.3 is 10.5 Å². The fraction of sp³-hybridized carbons (Fsp3) is 1.00. The maximum absolute atomic E-state index is 13.5. The molecule has 2 nitrogen and oxygen atoms in total. The van der Waals surface area contributed by atoms with Gasteiger partial charge in [0.15, 0.2) is 0 Å². The summed E-state index contributed by atoms with van der Waals surface area (Å²) in [6.07, 6.45) is 2.00. The lowest BCUT2D eigenvalue weighted by Gasteiger charge is -2.40. The molecule has 76 valence electrons. The molecule has 0 bridgehead atoms. The molecule has 0 aromatic heterocycles. The van der Waals surface area contributed by atoms with Gasteiger partial charge in [0.1, 0.15) is 5.60 Å². The summed E-state index contributed by atoms with van der Waals surface area (Å²) < 4.78 is 32.2. The fourth-order valence-corrected chi connectivity index (χ4v) is 2.43. The topological polar surface area (TPSA) is 35.2 Å². The Bertz CT molecular complexity index is 210. The molecular weight excluding hydrogens is 176 g/mol. The highest BCUT2D eigenvalue weighted by Crippen LogP contribution is 2.50. The van der Waals surface area contributed by atoms with Crippen LogP contribution in [0.15, 0.2) is 0 Å². The summed E-state index contributed by atoms with van der Waals surface area (Å²) in [5.74, 6) is -2.66. The largest absolute Gasteiger partial charge is 0.369 e. The third-order valence-electron chi connectivity index (χ3n) is 3.20. The molecule has 1 spiro atoms. The Morgan fingerprint density at radius 3 is 2.62 bits per heavy atom. The zero-order chi connectivity index (χ0) is 9.53. The predicted molar refractivity (Wildman–Crippen MR) is 44.7 cm³/mol. The Morgan fingerprint density at radius 1 is 1.31 bits per heavy atom. The minimum Gasteiger partial charge on any atom is -0.369 e. The van der Waals surface area contributed by atoms with Gasteiger partial charge >= 0.3 is 0 Å². The number of alkyl halides is 2. The van der Waals surface area contributed by atoms with Gasteiger partial charge in [-0.05, 0) is 25.7 Å². The highest BCUT2D eigenvalue weighted by Gasteiger charge is 2.59. The highest BCUT2D eigenvalue weighted by atomic mass is 19.3. The van der Waals surface area contributed by atoms with E-state index in [4.69, 9.17) is 10.5 Å². The molecule has 1 heterocycles. The molecule has 1 aliphatic carbocycles. The first-order chi connectivity index (χ1) is 6.06. The highest BCUT2D eigenvalue weighted by molar-refractivity contribution is 5.03. The van der Waals surface area contributed by atoms with Crippen molar-refractivity contribution in [3.05, 3.63) is 0 Å². The molecule has 0 aromatic rings. The zero-order valence-corrected chi connectivity index (χ0v) is 7.56. The Balaban J connectivity index is 2.18. The van der Waals surface area contributed by atoms with Crippen molar-refractivity contribution in [2.75, 3.05) is 6.61 Å². The molecule has 2 rings (SSSR count). The van der Waals surface area contributed by atoms with E-state index >= 15 is 0 Å². The minimum absolute atomic E-state index is 0.0419. The number of nitrogens with two attached hydrogens (primary N) is 1. The van der Waals surface area contributed by atoms with Crippen LogP contribution in [0.2, 0.25) is 0 Å². The van der Waals surface area contributed by atoms with Gasteiger partial charge in [-0.2, -0.15) is 0 Å². The van der Waals surface area contributed by atoms with E-state index < -0.39 is 11.5 Å². The molecule has 2 N–H and O–H groups in total. The number of ether oxygens (including phenoxy) is 1. The van der Waals surface area contributed by atoms with Gasteiger partial charge in [0.05, 0.1) is 0 Å². The Kier molecular flexibility index (Phi) is 2.07. The summed E-state index contributed by atoms with van der Waals surface area (Å²) in [5.41, 5.74) is 4.48. The van der Waals surface area contributed by atoms with E-state index in [9.17, 15) is 8.78 Å². The molecular formula is C9H15F2NO. The second-order valence-electron chi connectivity index (χ2n) is 4.15. The third-order valence-corrected chi connectivity index (χ3v) is 3.20. The van der Waals surface area contributed by atoms with Crippen molar-refractivity contribution in [3.8, 4) is 0 Å². The standard InChI is InChI=1S/C9H15F2NO/c10-9(11)4-1-3-8(9)6-7(12)2-5-13-8/h7H,1-6,12H2. The molecule has 1 saturated heterocycles. The van der Waals surface area contributed by atoms with E-state index in [1.54, 1.807) is 0 Å². The minimum atomic E-state index is -2.66. The number of hydrogen-bond acceptors (Lipinski definition) is 2. The summed E-state index contributed by atoms with van der Waals surface area (Å²) in [7, 11) is 0. The number of halogens is 2. The first kappa shape index (κ1) is 9.34. The molecule has 2 fully saturated rings. The van der Waals surface area contributed by atoms with Crippen molar-refractivity contribution in [1.29, 1.82) is 0 Å². The zero-order valence-electron chi connectivity index (χ0n) is 7.56. The fourth-order valence-electron chi connectivity index (χ4n) is 2.43. The SMILES string of the molecule is NC1CCOC2(CCCC2(F)F)C1. The molecule has 4 heteroatoms. The van der Waals surface area contributed by atoms with Crippen LogP contribution >= 0.6 is 0 Å². The van der Waals surface area contributed by atoms with Crippen LogP contribution in [0.25, 0.3) is 0 Å². The summed E-state index contributed by atoms with van der Waals surface area (Å²) >= 11 is 0. The lowest BCUT2D eigenvalue weighted by molar-refractivity contribution is -0.209. The smallest absolute Gasteiger partial charge is 0.276 e. The van der Waals surface area contributed by atoms with Crippen LogP contribution in [0.5, 0.6) is 0 Å². The molecule has 0 aromatic carbocycles. The van der Waals surface area contributed by atoms with Crippen LogP contribution in [0.3, 0.4) is 0 Å². The Hall–Kier alpha value is -0.220. The molecule has 13 heavy (non-hydrogen) atoms. The van der Waals surface area contributed by atoms with E-state index in [1.807, 2.05) is 0 Å². The predicted octanol–water partition coefficient (Wildman–Crippen LogP) is 1.68. The molecule has 0 amide bonds. The second kappa shape index (κ2) is 2.89. The molecule has 2 aliphatic rings. The Morgan fingerprint density at radius 2 is 2.08 bits per heavy atom. The van der Waals surface area contributed by atoms with Crippen molar-refractivity contribution >= 4 is 0 Å². The third kappa shape index (κ3) is 1.36. The van der Waals surface area contributed by atoms with Gasteiger partial charge in [-0.25, -0.2) is 8.78 Å². The van der Waals surface area contributed by atoms with Gasteiger partial charge in [0.25, 0.3) is 5.92 Å². The maximum atomic E-state index is 13.5. The summed E-state index contributed by atoms with van der Waals surface area (Å²) in [4.78, 5) is 0. The van der Waals surface area contributed by atoms with Gasteiger partial charge in [-0.3, -0.25) is 0 Å². The lowest BCUT2D eigenvalue weighted by atomic mass is 9.87. The van der Waals surface area contributed by atoms with Gasteiger partial charge in [0.2, 0.25) is 0 Å². The normalized spacial score (nSPS) is 44.1. The quantitative estimate of drug-likeness (QED) is 0.632. The monoisotopic (exact) mass is 191 g/mol. The molecule has 1 aliphatic heterocycles. The van der Waals surface area contributed by atoms with Crippen LogP contribution < -0.4 is 5.73 Å². The van der Waals surface area contributed by atoms with E-state index in [2.05, 4.69) is 0 Å². The van der Waals surface area contributed by atoms with Gasteiger partial charge in [-0.15, -0.1) is 0 Å². The van der Waals surface area contributed by atoms with Crippen LogP contribution in [0.4, 0.5) is 8.78 Å². The van der Waals surface area contributed by atoms with E-state index in [-0.39, 0.29) is 12.5 Å². The summed E-state index contributed by atoms with van der Waals surface area (Å²) in [6, 6.07) is -0.113. The maximum Gasteiger partial charge on any atom is 0.276 e. The first-order valence-electron chi connectivity index (χ1n) is 4.83. The lowest BCUT2D eigenvalue weighted by Crippen LogP contribution is -2.53. The van der Waals surface area contributed by atoms with Gasteiger partial charge in [0, 0.05) is 19.1 Å². The van der Waals surface area contributed by atoms with Crippen LogP contribution in [0.1, 0.15) is 32.1 Å². The molecule has 1 saturated carbocycles. The first-order valence-corrected chi connectivity index (χ1v) is 4.83. The summed E-state index contributed by atoms with van der Waals surface area (Å²) in [6.45, 7) is 0.386. The van der Waals surface area contributed by atoms with Crippen LogP contribution in [-0.4, -0.2) is 24.2 Å².